The van der Waals surface area contributed by atoms with Crippen molar-refractivity contribution in [3.63, 3.8) is 0 Å². The molecule has 1 aromatic rings. The zero-order valence-electron chi connectivity index (χ0n) is 16.0. The van der Waals surface area contributed by atoms with Gasteiger partial charge in [-0.1, -0.05) is 0 Å². The molecule has 27 heavy (non-hydrogen) atoms. The maximum Gasteiger partial charge on any atom is 0.223 e. The summed E-state index contributed by atoms with van der Waals surface area (Å²) in [5.74, 6) is 0.268. The number of carbonyl (C=O) groups is 1. The molecular weight excluding hydrogens is 364 g/mol. The van der Waals surface area contributed by atoms with E-state index in [9.17, 15) is 4.79 Å². The van der Waals surface area contributed by atoms with Crippen molar-refractivity contribution >= 4 is 22.4 Å². The zero-order chi connectivity index (χ0) is 18.5. The smallest absolute Gasteiger partial charge is 0.223 e. The molecule has 1 atom stereocenters. The Morgan fingerprint density at radius 2 is 1.89 bits per heavy atom. The number of aryl methyl sites for hydroxylation is 1. The van der Waals surface area contributed by atoms with E-state index in [0.717, 1.165) is 102 Å². The Kier molecular flexibility index (Phi) is 6.60. The summed E-state index contributed by atoms with van der Waals surface area (Å²) in [5.41, 5.74) is 1.14. The zero-order valence-corrected chi connectivity index (χ0v) is 16.8. The lowest BCUT2D eigenvalue weighted by Gasteiger charge is -2.26. The minimum atomic E-state index is 0.0699. The molecule has 7 nitrogen and oxygen atoms in total. The van der Waals surface area contributed by atoms with Gasteiger partial charge in [0.1, 0.15) is 0 Å². The molecule has 3 aliphatic rings. The van der Waals surface area contributed by atoms with Gasteiger partial charge in [0, 0.05) is 49.9 Å². The molecule has 0 bridgehead atoms. The highest BCUT2D eigenvalue weighted by atomic mass is 32.1. The normalized spacial score (nSPS) is 23.9. The van der Waals surface area contributed by atoms with Gasteiger partial charge in [0.2, 0.25) is 5.91 Å². The van der Waals surface area contributed by atoms with E-state index >= 15 is 0 Å². The van der Waals surface area contributed by atoms with Crippen LogP contribution in [0.4, 0.5) is 5.13 Å². The lowest BCUT2D eigenvalue weighted by atomic mass is 9.90. The number of morpholine rings is 2. The molecular formula is C19H30N4O3S. The minimum absolute atomic E-state index is 0.0699. The van der Waals surface area contributed by atoms with Crippen LogP contribution in [0.25, 0.3) is 0 Å². The molecule has 2 fully saturated rings. The number of thiazole rings is 1. The van der Waals surface area contributed by atoms with Crippen LogP contribution in [0.2, 0.25) is 0 Å². The number of hydrogen-bond acceptors (Lipinski definition) is 7. The highest BCUT2D eigenvalue weighted by Crippen LogP contribution is 2.34. The first-order chi connectivity index (χ1) is 13.3. The second kappa shape index (κ2) is 9.32. The SMILES string of the molecule is O=C(NCCCN1CCOCC1)C1CCc2sc(N3CCOCC3)nc2C1. The highest BCUT2D eigenvalue weighted by molar-refractivity contribution is 7.15. The lowest BCUT2D eigenvalue weighted by Crippen LogP contribution is -2.39. The Morgan fingerprint density at radius 3 is 2.67 bits per heavy atom. The van der Waals surface area contributed by atoms with Gasteiger partial charge in [-0.15, -0.1) is 11.3 Å². The number of hydrogen-bond donors (Lipinski definition) is 1. The summed E-state index contributed by atoms with van der Waals surface area (Å²) < 4.78 is 10.8. The van der Waals surface area contributed by atoms with Crippen LogP contribution in [-0.4, -0.2) is 81.5 Å². The number of carbonyl (C=O) groups excluding carboxylic acids is 1. The molecule has 3 heterocycles. The molecule has 0 spiro atoms. The second-order valence-electron chi connectivity index (χ2n) is 7.50. The fourth-order valence-corrected chi connectivity index (χ4v) is 5.12. The number of ether oxygens (including phenoxy) is 2. The van der Waals surface area contributed by atoms with Gasteiger partial charge in [0.05, 0.1) is 32.1 Å². The van der Waals surface area contributed by atoms with E-state index in [4.69, 9.17) is 14.5 Å². The predicted octanol–water partition coefficient (Wildman–Crippen LogP) is 0.923. The summed E-state index contributed by atoms with van der Waals surface area (Å²) in [6, 6.07) is 0. The summed E-state index contributed by atoms with van der Waals surface area (Å²) in [6.45, 7) is 8.86. The molecule has 1 unspecified atom stereocenters. The predicted molar refractivity (Wildman–Crippen MR) is 106 cm³/mol. The Balaban J connectivity index is 1.22. The number of amides is 1. The number of aromatic nitrogens is 1. The van der Waals surface area contributed by atoms with Crippen LogP contribution in [0.5, 0.6) is 0 Å². The maximum atomic E-state index is 12.6. The molecule has 4 rings (SSSR count). The Labute approximate surface area is 165 Å². The third kappa shape index (κ3) is 4.99. The van der Waals surface area contributed by atoms with Gasteiger partial charge in [0.25, 0.3) is 0 Å². The Bertz CT molecular complexity index is 626. The van der Waals surface area contributed by atoms with Gasteiger partial charge < -0.3 is 19.7 Å². The van der Waals surface area contributed by atoms with Crippen LogP contribution in [0.1, 0.15) is 23.4 Å². The number of rotatable bonds is 6. The van der Waals surface area contributed by atoms with Crippen molar-refractivity contribution in [1.82, 2.24) is 15.2 Å². The van der Waals surface area contributed by atoms with Crippen LogP contribution in [0.15, 0.2) is 0 Å². The third-order valence-corrected chi connectivity index (χ3v) is 6.85. The van der Waals surface area contributed by atoms with Gasteiger partial charge in [-0.2, -0.15) is 0 Å². The largest absolute Gasteiger partial charge is 0.379 e. The summed E-state index contributed by atoms with van der Waals surface area (Å²) in [6.07, 6.45) is 3.70. The molecule has 0 radical (unpaired) electrons. The van der Waals surface area contributed by atoms with Crippen molar-refractivity contribution in [3.8, 4) is 0 Å². The average Bonchev–Trinajstić information content (AvgIpc) is 3.16. The topological polar surface area (TPSA) is 66.9 Å². The van der Waals surface area contributed by atoms with Gasteiger partial charge in [-0.05, 0) is 25.8 Å². The molecule has 1 amide bonds. The summed E-state index contributed by atoms with van der Waals surface area (Å²) in [4.78, 5) is 23.5. The van der Waals surface area contributed by atoms with Gasteiger partial charge in [-0.3, -0.25) is 9.69 Å². The van der Waals surface area contributed by atoms with E-state index in [-0.39, 0.29) is 11.8 Å². The van der Waals surface area contributed by atoms with E-state index < -0.39 is 0 Å². The minimum Gasteiger partial charge on any atom is -0.379 e. The maximum absolute atomic E-state index is 12.6. The molecule has 2 saturated heterocycles. The second-order valence-corrected chi connectivity index (χ2v) is 8.57. The van der Waals surface area contributed by atoms with E-state index in [1.54, 1.807) is 11.3 Å². The first-order valence-corrected chi connectivity index (χ1v) is 11.0. The van der Waals surface area contributed by atoms with E-state index in [2.05, 4.69) is 15.1 Å². The monoisotopic (exact) mass is 394 g/mol. The van der Waals surface area contributed by atoms with Crippen molar-refractivity contribution < 1.29 is 14.3 Å². The van der Waals surface area contributed by atoms with Gasteiger partial charge in [0.15, 0.2) is 5.13 Å². The third-order valence-electron chi connectivity index (χ3n) is 5.63. The van der Waals surface area contributed by atoms with E-state index in [1.807, 2.05) is 0 Å². The van der Waals surface area contributed by atoms with Gasteiger partial charge >= 0.3 is 0 Å². The number of nitrogens with zero attached hydrogens (tertiary/aromatic N) is 3. The number of nitrogens with one attached hydrogen (secondary N) is 1. The average molecular weight is 395 g/mol. The lowest BCUT2D eigenvalue weighted by molar-refractivity contribution is -0.125. The molecule has 150 valence electrons. The van der Waals surface area contributed by atoms with Crippen molar-refractivity contribution in [1.29, 1.82) is 0 Å². The quantitative estimate of drug-likeness (QED) is 0.724. The molecule has 1 N–H and O–H groups in total. The van der Waals surface area contributed by atoms with Gasteiger partial charge in [-0.25, -0.2) is 4.98 Å². The van der Waals surface area contributed by atoms with Crippen LogP contribution < -0.4 is 10.2 Å². The number of anilines is 1. The molecule has 8 heteroatoms. The Hall–Kier alpha value is -1.22. The molecule has 1 aliphatic carbocycles. The molecule has 1 aromatic heterocycles. The van der Waals surface area contributed by atoms with Crippen LogP contribution in [-0.2, 0) is 27.1 Å². The summed E-state index contributed by atoms with van der Waals surface area (Å²) in [5, 5.41) is 4.25. The highest BCUT2D eigenvalue weighted by Gasteiger charge is 2.28. The number of fused-ring (bicyclic) bond motifs is 1. The van der Waals surface area contributed by atoms with E-state index in [1.165, 1.54) is 4.88 Å². The first-order valence-electron chi connectivity index (χ1n) is 10.2. The van der Waals surface area contributed by atoms with Crippen molar-refractivity contribution in [2.75, 3.05) is 70.6 Å². The fraction of sp³-hybridized carbons (Fsp3) is 0.789. The van der Waals surface area contributed by atoms with Crippen LogP contribution >= 0.6 is 11.3 Å². The molecule has 0 saturated carbocycles. The molecule has 2 aliphatic heterocycles. The van der Waals surface area contributed by atoms with Crippen molar-refractivity contribution in [2.45, 2.75) is 25.7 Å². The first kappa shape index (κ1) is 19.1. The van der Waals surface area contributed by atoms with Crippen molar-refractivity contribution in [2.24, 2.45) is 5.92 Å². The van der Waals surface area contributed by atoms with Crippen molar-refractivity contribution in [3.05, 3.63) is 10.6 Å². The standard InChI is InChI=1S/C19H30N4O3S/c24-18(20-4-1-5-22-6-10-25-11-7-22)15-2-3-17-16(14-15)21-19(27-17)23-8-12-26-13-9-23/h15H,1-14H2,(H,20,24). The fourth-order valence-electron chi connectivity index (χ4n) is 3.96. The summed E-state index contributed by atoms with van der Waals surface area (Å²) >= 11 is 1.80. The molecule has 0 aromatic carbocycles. The van der Waals surface area contributed by atoms with Crippen LogP contribution in [0, 0.1) is 5.92 Å². The van der Waals surface area contributed by atoms with Crippen LogP contribution in [0.3, 0.4) is 0 Å². The Morgan fingerprint density at radius 1 is 1.15 bits per heavy atom. The van der Waals surface area contributed by atoms with E-state index in [0.29, 0.717) is 0 Å². The summed E-state index contributed by atoms with van der Waals surface area (Å²) in [7, 11) is 0.